The van der Waals surface area contributed by atoms with Gasteiger partial charge in [0.05, 0.1) is 5.92 Å². The normalized spacial score (nSPS) is 23.9. The summed E-state index contributed by atoms with van der Waals surface area (Å²) < 4.78 is 37.5. The third kappa shape index (κ3) is 6.59. The van der Waals surface area contributed by atoms with Gasteiger partial charge in [0, 0.05) is 25.6 Å². The molecule has 0 aromatic heterocycles. The molecule has 0 aromatic rings. The van der Waals surface area contributed by atoms with E-state index in [-0.39, 0.29) is 24.8 Å². The standard InChI is InChI=1S/C14H25F3N2O/c1-10(2)9-19-13(20)7-8-18-12-5-3-11(4-6-12)14(15,16)17/h10-12,18H,3-9H2,1-2H3,(H,19,20). The van der Waals surface area contributed by atoms with E-state index < -0.39 is 12.1 Å². The Morgan fingerprint density at radius 1 is 1.20 bits per heavy atom. The maximum Gasteiger partial charge on any atom is 0.391 e. The van der Waals surface area contributed by atoms with Crippen molar-refractivity contribution in [1.82, 2.24) is 10.6 Å². The lowest BCUT2D eigenvalue weighted by Gasteiger charge is -2.30. The van der Waals surface area contributed by atoms with Crippen LogP contribution >= 0.6 is 0 Å². The minimum absolute atomic E-state index is 0.00447. The van der Waals surface area contributed by atoms with E-state index in [2.05, 4.69) is 10.6 Å². The number of carbonyl (C=O) groups excluding carboxylic acids is 1. The zero-order chi connectivity index (χ0) is 15.2. The SMILES string of the molecule is CC(C)CNC(=O)CCNC1CCC(C(F)(F)F)CC1. The predicted octanol–water partition coefficient (Wildman–Crippen LogP) is 2.86. The van der Waals surface area contributed by atoms with E-state index in [1.807, 2.05) is 13.8 Å². The van der Waals surface area contributed by atoms with Gasteiger partial charge in [0.25, 0.3) is 0 Å². The van der Waals surface area contributed by atoms with E-state index in [4.69, 9.17) is 0 Å². The second-order valence-electron chi connectivity index (χ2n) is 5.99. The first-order chi connectivity index (χ1) is 9.29. The van der Waals surface area contributed by atoms with Crippen molar-refractivity contribution in [1.29, 1.82) is 0 Å². The van der Waals surface area contributed by atoms with E-state index in [1.54, 1.807) is 0 Å². The van der Waals surface area contributed by atoms with Crippen molar-refractivity contribution in [3.05, 3.63) is 0 Å². The van der Waals surface area contributed by atoms with E-state index >= 15 is 0 Å². The van der Waals surface area contributed by atoms with Gasteiger partial charge in [-0.05, 0) is 31.6 Å². The van der Waals surface area contributed by atoms with Crippen LogP contribution in [0.15, 0.2) is 0 Å². The van der Waals surface area contributed by atoms with Crippen molar-refractivity contribution in [2.45, 2.75) is 58.2 Å². The fourth-order valence-electron chi connectivity index (χ4n) is 2.42. The third-order valence-electron chi connectivity index (χ3n) is 3.68. The number of amides is 1. The maximum absolute atomic E-state index is 12.5. The quantitative estimate of drug-likeness (QED) is 0.791. The molecule has 0 heterocycles. The molecule has 0 aromatic carbocycles. The number of rotatable bonds is 6. The lowest BCUT2D eigenvalue weighted by atomic mass is 9.85. The van der Waals surface area contributed by atoms with Gasteiger partial charge in [0.15, 0.2) is 0 Å². The smallest absolute Gasteiger partial charge is 0.356 e. The Morgan fingerprint density at radius 2 is 1.80 bits per heavy atom. The number of hydrogen-bond acceptors (Lipinski definition) is 2. The Hall–Kier alpha value is -0.780. The molecule has 0 aliphatic heterocycles. The summed E-state index contributed by atoms with van der Waals surface area (Å²) in [5, 5.41) is 6.00. The number of alkyl halides is 3. The molecule has 0 atom stereocenters. The highest BCUT2D eigenvalue weighted by Gasteiger charge is 2.41. The first-order valence-corrected chi connectivity index (χ1v) is 7.36. The molecule has 2 N–H and O–H groups in total. The largest absolute Gasteiger partial charge is 0.391 e. The minimum Gasteiger partial charge on any atom is -0.356 e. The topological polar surface area (TPSA) is 41.1 Å². The van der Waals surface area contributed by atoms with Crippen LogP contribution in [-0.4, -0.2) is 31.2 Å². The van der Waals surface area contributed by atoms with Crippen molar-refractivity contribution < 1.29 is 18.0 Å². The summed E-state index contributed by atoms with van der Waals surface area (Å²) in [5.74, 6) is -0.727. The van der Waals surface area contributed by atoms with Gasteiger partial charge in [-0.3, -0.25) is 4.79 Å². The zero-order valence-corrected chi connectivity index (χ0v) is 12.2. The first-order valence-electron chi connectivity index (χ1n) is 7.36. The summed E-state index contributed by atoms with van der Waals surface area (Å²) in [4.78, 5) is 11.5. The molecule has 0 saturated heterocycles. The zero-order valence-electron chi connectivity index (χ0n) is 12.2. The number of hydrogen-bond donors (Lipinski definition) is 2. The molecule has 0 bridgehead atoms. The highest BCUT2D eigenvalue weighted by molar-refractivity contribution is 5.76. The maximum atomic E-state index is 12.5. The van der Waals surface area contributed by atoms with Gasteiger partial charge in [-0.2, -0.15) is 13.2 Å². The molecule has 1 fully saturated rings. The van der Waals surface area contributed by atoms with E-state index in [1.165, 1.54) is 0 Å². The molecule has 0 radical (unpaired) electrons. The van der Waals surface area contributed by atoms with Gasteiger partial charge >= 0.3 is 6.18 Å². The first kappa shape index (κ1) is 17.3. The van der Waals surface area contributed by atoms with Crippen LogP contribution in [0.1, 0.15) is 46.0 Å². The van der Waals surface area contributed by atoms with Crippen LogP contribution in [-0.2, 0) is 4.79 Å². The monoisotopic (exact) mass is 294 g/mol. The Bertz CT molecular complexity index is 297. The van der Waals surface area contributed by atoms with Crippen LogP contribution < -0.4 is 10.6 Å². The highest BCUT2D eigenvalue weighted by atomic mass is 19.4. The molecule has 0 unspecified atom stereocenters. The fraction of sp³-hybridized carbons (Fsp3) is 0.929. The third-order valence-corrected chi connectivity index (χ3v) is 3.68. The predicted molar refractivity (Wildman–Crippen MR) is 72.3 cm³/mol. The molecule has 1 aliphatic carbocycles. The van der Waals surface area contributed by atoms with Gasteiger partial charge in [-0.15, -0.1) is 0 Å². The van der Waals surface area contributed by atoms with Crippen LogP contribution in [0.5, 0.6) is 0 Å². The number of halogens is 3. The molecular weight excluding hydrogens is 269 g/mol. The van der Waals surface area contributed by atoms with Crippen molar-refractivity contribution in [3.63, 3.8) is 0 Å². The summed E-state index contributed by atoms with van der Waals surface area (Å²) >= 11 is 0. The van der Waals surface area contributed by atoms with E-state index in [0.717, 1.165) is 0 Å². The van der Waals surface area contributed by atoms with Crippen molar-refractivity contribution in [2.75, 3.05) is 13.1 Å². The summed E-state index contributed by atoms with van der Waals surface area (Å²) in [6.45, 7) is 5.25. The molecule has 1 saturated carbocycles. The van der Waals surface area contributed by atoms with Gasteiger partial charge in [-0.1, -0.05) is 13.8 Å². The molecule has 20 heavy (non-hydrogen) atoms. The van der Waals surface area contributed by atoms with Gasteiger partial charge in [0.1, 0.15) is 0 Å². The summed E-state index contributed by atoms with van der Waals surface area (Å²) in [6, 6.07) is 0.117. The lowest BCUT2D eigenvalue weighted by Crippen LogP contribution is -2.38. The van der Waals surface area contributed by atoms with Crippen molar-refractivity contribution in [2.24, 2.45) is 11.8 Å². The minimum atomic E-state index is -4.05. The lowest BCUT2D eigenvalue weighted by molar-refractivity contribution is -0.182. The summed E-state index contributed by atoms with van der Waals surface area (Å²) in [7, 11) is 0. The van der Waals surface area contributed by atoms with Gasteiger partial charge in [0.2, 0.25) is 5.91 Å². The fourth-order valence-corrected chi connectivity index (χ4v) is 2.42. The van der Waals surface area contributed by atoms with Gasteiger partial charge in [-0.25, -0.2) is 0 Å². The van der Waals surface area contributed by atoms with Crippen LogP contribution in [0, 0.1) is 11.8 Å². The Balaban J connectivity index is 2.11. The molecule has 0 spiro atoms. The van der Waals surface area contributed by atoms with Crippen LogP contribution in [0.3, 0.4) is 0 Å². The van der Waals surface area contributed by atoms with Crippen molar-refractivity contribution in [3.8, 4) is 0 Å². The molecule has 6 heteroatoms. The Morgan fingerprint density at radius 3 is 2.30 bits per heavy atom. The molecule has 1 amide bonds. The van der Waals surface area contributed by atoms with Crippen LogP contribution in [0.2, 0.25) is 0 Å². The average molecular weight is 294 g/mol. The van der Waals surface area contributed by atoms with Gasteiger partial charge < -0.3 is 10.6 Å². The van der Waals surface area contributed by atoms with E-state index in [0.29, 0.717) is 38.3 Å². The summed E-state index contributed by atoms with van der Waals surface area (Å²) in [6.07, 6.45) is -2.20. The molecule has 118 valence electrons. The van der Waals surface area contributed by atoms with Crippen molar-refractivity contribution >= 4 is 5.91 Å². The second kappa shape index (κ2) is 7.86. The molecule has 3 nitrogen and oxygen atoms in total. The number of nitrogens with one attached hydrogen (secondary N) is 2. The molecule has 1 aliphatic rings. The van der Waals surface area contributed by atoms with Crippen LogP contribution in [0.4, 0.5) is 13.2 Å². The average Bonchev–Trinajstić information content (AvgIpc) is 2.36. The Labute approximate surface area is 118 Å². The summed E-state index contributed by atoms with van der Waals surface area (Å²) in [5.41, 5.74) is 0. The molecular formula is C14H25F3N2O. The number of carbonyl (C=O) groups is 1. The Kier molecular flexibility index (Phi) is 6.79. The molecule has 1 rings (SSSR count). The second-order valence-corrected chi connectivity index (χ2v) is 5.99. The van der Waals surface area contributed by atoms with Crippen LogP contribution in [0.25, 0.3) is 0 Å². The highest BCUT2D eigenvalue weighted by Crippen LogP contribution is 2.37. The van der Waals surface area contributed by atoms with E-state index in [9.17, 15) is 18.0 Å².